The summed E-state index contributed by atoms with van der Waals surface area (Å²) in [4.78, 5) is 12.5. The Morgan fingerprint density at radius 3 is 2.89 bits per heavy atom. The third kappa shape index (κ3) is 2.98. The van der Waals surface area contributed by atoms with Crippen LogP contribution in [0.25, 0.3) is 0 Å². The fraction of sp³-hybridized carbons (Fsp3) is 0.640. The maximum absolute atomic E-state index is 12.5. The number of carbonyl (C=O) groups is 1. The summed E-state index contributed by atoms with van der Waals surface area (Å²) in [5, 5.41) is 10.2. The van der Waals surface area contributed by atoms with Crippen LogP contribution in [0.5, 0.6) is 5.75 Å². The zero-order valence-corrected chi connectivity index (χ0v) is 17.4. The first-order valence-corrected chi connectivity index (χ1v) is 11.1. The first kappa shape index (κ1) is 19.5. The maximum atomic E-state index is 12.5. The third-order valence-corrected chi connectivity index (χ3v) is 8.14. The van der Waals surface area contributed by atoms with Crippen molar-refractivity contribution in [2.45, 2.75) is 83.2 Å². The van der Waals surface area contributed by atoms with Crippen molar-refractivity contribution in [2.75, 3.05) is 0 Å². The number of ether oxygens (including phenoxy) is 1. The number of hydrogen-bond acceptors (Lipinski definition) is 3. The molecule has 152 valence electrons. The van der Waals surface area contributed by atoms with Gasteiger partial charge >= 0.3 is 5.97 Å². The molecule has 2 saturated carbocycles. The van der Waals surface area contributed by atoms with Gasteiger partial charge in [0.05, 0.1) is 0 Å². The number of hydrogen-bond donors (Lipinski definition) is 1. The molecule has 0 aromatic heterocycles. The number of allylic oxidation sites excluding steroid dienone is 1. The van der Waals surface area contributed by atoms with Gasteiger partial charge in [0.1, 0.15) is 11.9 Å². The lowest BCUT2D eigenvalue weighted by Crippen LogP contribution is -2.50. The molecular formula is C25H34O3. The fourth-order valence-corrected chi connectivity index (χ4v) is 6.61. The molecule has 3 heteroatoms. The molecule has 3 nitrogen and oxygen atoms in total. The summed E-state index contributed by atoms with van der Waals surface area (Å²) in [6.45, 7) is 8.82. The van der Waals surface area contributed by atoms with E-state index < -0.39 is 0 Å². The molecule has 0 saturated heterocycles. The molecule has 1 aromatic rings. The highest BCUT2D eigenvalue weighted by atomic mass is 16.5. The van der Waals surface area contributed by atoms with Crippen LogP contribution in [0, 0.1) is 17.3 Å². The van der Waals surface area contributed by atoms with Crippen LogP contribution in [0.2, 0.25) is 0 Å². The average Bonchev–Trinajstić information content (AvgIpc) is 3.08. The van der Waals surface area contributed by atoms with E-state index in [2.05, 4.69) is 32.6 Å². The van der Waals surface area contributed by atoms with Gasteiger partial charge in [0.15, 0.2) is 0 Å². The summed E-state index contributed by atoms with van der Waals surface area (Å²) in [5.41, 5.74) is 2.55. The van der Waals surface area contributed by atoms with Gasteiger partial charge in [0.25, 0.3) is 0 Å². The molecule has 1 aromatic carbocycles. The zero-order valence-electron chi connectivity index (χ0n) is 17.4. The normalized spacial score (nSPS) is 36.1. The van der Waals surface area contributed by atoms with E-state index in [-0.39, 0.29) is 23.2 Å². The maximum Gasteiger partial charge on any atom is 0.306 e. The molecule has 5 atom stereocenters. The van der Waals surface area contributed by atoms with Crippen molar-refractivity contribution in [3.8, 4) is 5.75 Å². The van der Waals surface area contributed by atoms with Crippen molar-refractivity contribution < 1.29 is 14.6 Å². The van der Waals surface area contributed by atoms with Gasteiger partial charge in [0, 0.05) is 17.4 Å². The predicted molar refractivity (Wildman–Crippen MR) is 111 cm³/mol. The van der Waals surface area contributed by atoms with E-state index in [1.807, 2.05) is 6.07 Å². The Balaban J connectivity index is 1.75. The smallest absolute Gasteiger partial charge is 0.306 e. The largest absolute Gasteiger partial charge is 0.508 e. The lowest BCUT2D eigenvalue weighted by molar-refractivity contribution is -0.152. The molecule has 0 radical (unpaired) electrons. The van der Waals surface area contributed by atoms with E-state index in [1.165, 1.54) is 31.2 Å². The van der Waals surface area contributed by atoms with Crippen LogP contribution in [0.15, 0.2) is 30.9 Å². The van der Waals surface area contributed by atoms with Crippen molar-refractivity contribution >= 4 is 5.97 Å². The van der Waals surface area contributed by atoms with Crippen molar-refractivity contribution in [2.24, 2.45) is 17.3 Å². The average molecular weight is 383 g/mol. The molecule has 0 amide bonds. The van der Waals surface area contributed by atoms with Crippen LogP contribution in [-0.2, 0) is 14.9 Å². The molecule has 0 aliphatic heterocycles. The molecule has 3 aliphatic carbocycles. The van der Waals surface area contributed by atoms with Crippen LogP contribution in [0.1, 0.15) is 88.9 Å². The summed E-state index contributed by atoms with van der Waals surface area (Å²) in [6, 6.07) is 5.66. The number of phenolic OH excluding ortho intramolecular Hbond substituents is 1. The Kier molecular flexibility index (Phi) is 5.05. The minimum absolute atomic E-state index is 0.0656. The summed E-state index contributed by atoms with van der Waals surface area (Å²) < 4.78 is 6.01. The van der Waals surface area contributed by atoms with E-state index in [1.54, 1.807) is 6.07 Å². The minimum Gasteiger partial charge on any atom is -0.508 e. The van der Waals surface area contributed by atoms with E-state index in [0.29, 0.717) is 23.7 Å². The van der Waals surface area contributed by atoms with Crippen molar-refractivity contribution in [1.29, 1.82) is 0 Å². The van der Waals surface area contributed by atoms with Gasteiger partial charge < -0.3 is 9.84 Å². The standard InChI is InChI=1S/C25H34O3/c1-4-6-9-23(27)28-22-16-21-20-8-7-12-24(20,3)13-14-25(21,5-2)19-11-10-17(26)15-18(19)22/h5,10-11,15,20-22,26H,2,4,6-9,12-14,16H2,1,3H3/t20-,21-,22-,24-,25+/m0/s1. The number of rotatable bonds is 5. The molecule has 4 rings (SSSR count). The molecule has 0 bridgehead atoms. The van der Waals surface area contributed by atoms with Crippen molar-refractivity contribution in [1.82, 2.24) is 0 Å². The highest BCUT2D eigenvalue weighted by Gasteiger charge is 2.58. The summed E-state index contributed by atoms with van der Waals surface area (Å²) >= 11 is 0. The van der Waals surface area contributed by atoms with Crippen LogP contribution in [0.3, 0.4) is 0 Å². The summed E-state index contributed by atoms with van der Waals surface area (Å²) in [6.07, 6.45) is 11.3. The van der Waals surface area contributed by atoms with Gasteiger partial charge in [-0.3, -0.25) is 4.79 Å². The monoisotopic (exact) mass is 382 g/mol. The lowest BCUT2D eigenvalue weighted by Gasteiger charge is -2.56. The van der Waals surface area contributed by atoms with E-state index >= 15 is 0 Å². The summed E-state index contributed by atoms with van der Waals surface area (Å²) in [5.74, 6) is 1.23. The van der Waals surface area contributed by atoms with Gasteiger partial charge in [-0.25, -0.2) is 0 Å². The fourth-order valence-electron chi connectivity index (χ4n) is 6.61. The first-order chi connectivity index (χ1) is 13.4. The van der Waals surface area contributed by atoms with E-state index in [9.17, 15) is 9.90 Å². The number of phenols is 1. The van der Waals surface area contributed by atoms with E-state index in [0.717, 1.165) is 31.2 Å². The van der Waals surface area contributed by atoms with Gasteiger partial charge in [-0.15, -0.1) is 6.58 Å². The van der Waals surface area contributed by atoms with Gasteiger partial charge in [-0.05, 0) is 73.5 Å². The zero-order chi connectivity index (χ0) is 19.9. The molecule has 2 fully saturated rings. The molecule has 0 unspecified atom stereocenters. The second kappa shape index (κ2) is 7.24. The lowest BCUT2D eigenvalue weighted by atomic mass is 9.48. The highest BCUT2D eigenvalue weighted by molar-refractivity contribution is 5.70. The topological polar surface area (TPSA) is 46.5 Å². The minimum atomic E-state index is -0.257. The molecule has 0 heterocycles. The van der Waals surface area contributed by atoms with Crippen molar-refractivity contribution in [3.05, 3.63) is 42.0 Å². The van der Waals surface area contributed by atoms with Crippen LogP contribution in [0.4, 0.5) is 0 Å². The van der Waals surface area contributed by atoms with Crippen LogP contribution < -0.4 is 0 Å². The Hall–Kier alpha value is -1.77. The number of benzene rings is 1. The van der Waals surface area contributed by atoms with Crippen LogP contribution in [-0.4, -0.2) is 11.1 Å². The second-order valence-electron chi connectivity index (χ2n) is 9.59. The Morgan fingerprint density at radius 1 is 1.32 bits per heavy atom. The van der Waals surface area contributed by atoms with Gasteiger partial charge in [-0.1, -0.05) is 38.8 Å². The number of unbranched alkanes of at least 4 members (excludes halogenated alkanes) is 1. The first-order valence-electron chi connectivity index (χ1n) is 11.1. The van der Waals surface area contributed by atoms with Crippen molar-refractivity contribution in [3.63, 3.8) is 0 Å². The number of aromatic hydroxyl groups is 1. The van der Waals surface area contributed by atoms with Gasteiger partial charge in [-0.2, -0.15) is 0 Å². The molecule has 3 aliphatic rings. The second-order valence-corrected chi connectivity index (χ2v) is 9.59. The quantitative estimate of drug-likeness (QED) is 0.486. The predicted octanol–water partition coefficient (Wildman–Crippen LogP) is 6.21. The third-order valence-electron chi connectivity index (χ3n) is 8.14. The number of fused-ring (bicyclic) bond motifs is 5. The number of carbonyl (C=O) groups excluding carboxylic acids is 1. The number of esters is 1. The SMILES string of the molecule is C=C[C@]12CC[C@]3(C)CCC[C@H]3[C@@H]1C[C@H](OC(=O)CCCC)c1cc(O)ccc12. The summed E-state index contributed by atoms with van der Waals surface area (Å²) in [7, 11) is 0. The Labute approximate surface area is 169 Å². The van der Waals surface area contributed by atoms with E-state index in [4.69, 9.17) is 4.74 Å². The molecule has 0 spiro atoms. The Bertz CT molecular complexity index is 769. The van der Waals surface area contributed by atoms with Crippen LogP contribution >= 0.6 is 0 Å². The molecular weight excluding hydrogens is 348 g/mol. The molecule has 28 heavy (non-hydrogen) atoms. The van der Waals surface area contributed by atoms with Gasteiger partial charge in [0.2, 0.25) is 0 Å². The Morgan fingerprint density at radius 2 is 2.14 bits per heavy atom. The highest BCUT2D eigenvalue weighted by Crippen LogP contribution is 2.65. The molecule has 1 N–H and O–H groups in total.